The summed E-state index contributed by atoms with van der Waals surface area (Å²) >= 11 is 0. The van der Waals surface area contributed by atoms with Crippen LogP contribution >= 0.6 is 0 Å². The number of benzene rings is 1. The van der Waals surface area contributed by atoms with Crippen LogP contribution in [0, 0.1) is 0 Å². The van der Waals surface area contributed by atoms with E-state index in [-0.39, 0.29) is 11.8 Å². The maximum atomic E-state index is 11.8. The molecule has 1 heterocycles. The SMILES string of the molecule is CCS(=O)(=O)N(C)C(C)c1cc2ccccc2o1. The van der Waals surface area contributed by atoms with Gasteiger partial charge in [0.1, 0.15) is 11.3 Å². The monoisotopic (exact) mass is 267 g/mol. The van der Waals surface area contributed by atoms with Gasteiger partial charge >= 0.3 is 0 Å². The molecule has 4 nitrogen and oxygen atoms in total. The van der Waals surface area contributed by atoms with Crippen LogP contribution in [0.1, 0.15) is 25.6 Å². The fourth-order valence-corrected chi connectivity index (χ4v) is 2.82. The van der Waals surface area contributed by atoms with Crippen LogP contribution in [-0.2, 0) is 10.0 Å². The van der Waals surface area contributed by atoms with Crippen molar-refractivity contribution >= 4 is 21.0 Å². The zero-order chi connectivity index (χ0) is 13.3. The van der Waals surface area contributed by atoms with Gasteiger partial charge in [-0.25, -0.2) is 8.42 Å². The van der Waals surface area contributed by atoms with Crippen LogP contribution in [0.3, 0.4) is 0 Å². The molecule has 0 aliphatic heterocycles. The maximum absolute atomic E-state index is 11.8. The molecule has 0 aliphatic rings. The van der Waals surface area contributed by atoms with Crippen molar-refractivity contribution < 1.29 is 12.8 Å². The van der Waals surface area contributed by atoms with Gasteiger partial charge in [0.2, 0.25) is 10.0 Å². The second-order valence-electron chi connectivity index (χ2n) is 4.28. The summed E-state index contributed by atoms with van der Waals surface area (Å²) in [6, 6.07) is 9.23. The molecule has 0 saturated carbocycles. The smallest absolute Gasteiger partial charge is 0.214 e. The number of hydrogen-bond donors (Lipinski definition) is 0. The molecule has 2 rings (SSSR count). The largest absolute Gasteiger partial charge is 0.459 e. The Morgan fingerprint density at radius 3 is 2.61 bits per heavy atom. The Labute approximate surface area is 107 Å². The van der Waals surface area contributed by atoms with Crippen molar-refractivity contribution in [3.05, 3.63) is 36.1 Å². The molecule has 0 fully saturated rings. The number of furan rings is 1. The van der Waals surface area contributed by atoms with E-state index >= 15 is 0 Å². The first kappa shape index (κ1) is 13.1. The third-order valence-electron chi connectivity index (χ3n) is 3.21. The highest BCUT2D eigenvalue weighted by Gasteiger charge is 2.24. The van der Waals surface area contributed by atoms with Crippen molar-refractivity contribution in [1.29, 1.82) is 0 Å². The molecule has 0 N–H and O–H groups in total. The van der Waals surface area contributed by atoms with Crippen molar-refractivity contribution in [2.24, 2.45) is 0 Å². The number of rotatable bonds is 4. The van der Waals surface area contributed by atoms with E-state index in [9.17, 15) is 8.42 Å². The third-order valence-corrected chi connectivity index (χ3v) is 5.13. The molecule has 0 amide bonds. The predicted octanol–water partition coefficient (Wildman–Crippen LogP) is 2.78. The molecule has 0 bridgehead atoms. The van der Waals surface area contributed by atoms with Crippen molar-refractivity contribution in [3.8, 4) is 0 Å². The summed E-state index contributed by atoms with van der Waals surface area (Å²) in [5.74, 6) is 0.754. The second-order valence-corrected chi connectivity index (χ2v) is 6.60. The molecule has 0 saturated heterocycles. The Morgan fingerprint density at radius 2 is 2.00 bits per heavy atom. The van der Waals surface area contributed by atoms with E-state index < -0.39 is 10.0 Å². The Balaban J connectivity index is 2.36. The predicted molar refractivity (Wildman–Crippen MR) is 71.9 cm³/mol. The Hall–Kier alpha value is -1.33. The molecule has 0 aliphatic carbocycles. The first-order chi connectivity index (χ1) is 8.45. The molecule has 0 spiro atoms. The average molecular weight is 267 g/mol. The summed E-state index contributed by atoms with van der Waals surface area (Å²) in [6.07, 6.45) is 0. The lowest BCUT2D eigenvalue weighted by Gasteiger charge is -2.21. The van der Waals surface area contributed by atoms with Gasteiger partial charge in [0.05, 0.1) is 11.8 Å². The van der Waals surface area contributed by atoms with E-state index in [1.54, 1.807) is 14.0 Å². The summed E-state index contributed by atoms with van der Waals surface area (Å²) in [5.41, 5.74) is 0.779. The van der Waals surface area contributed by atoms with Crippen LogP contribution in [0.25, 0.3) is 11.0 Å². The zero-order valence-corrected chi connectivity index (χ0v) is 11.6. The summed E-state index contributed by atoms with van der Waals surface area (Å²) in [5, 5.41) is 0.988. The molecule has 18 heavy (non-hydrogen) atoms. The quantitative estimate of drug-likeness (QED) is 0.856. The van der Waals surface area contributed by atoms with Gasteiger partial charge in [-0.3, -0.25) is 0 Å². The van der Waals surface area contributed by atoms with Crippen molar-refractivity contribution in [2.75, 3.05) is 12.8 Å². The van der Waals surface area contributed by atoms with Gasteiger partial charge in [-0.05, 0) is 26.0 Å². The zero-order valence-electron chi connectivity index (χ0n) is 10.8. The number of para-hydroxylation sites is 1. The van der Waals surface area contributed by atoms with Crippen LogP contribution in [0.5, 0.6) is 0 Å². The number of hydrogen-bond acceptors (Lipinski definition) is 3. The van der Waals surface area contributed by atoms with Gasteiger partial charge in [-0.2, -0.15) is 4.31 Å². The molecule has 0 radical (unpaired) electrons. The Bertz CT molecular complexity index is 612. The van der Waals surface area contributed by atoms with Crippen molar-refractivity contribution in [2.45, 2.75) is 19.9 Å². The lowest BCUT2D eigenvalue weighted by atomic mass is 10.2. The lowest BCUT2D eigenvalue weighted by molar-refractivity contribution is 0.348. The topological polar surface area (TPSA) is 50.5 Å². The highest BCUT2D eigenvalue weighted by molar-refractivity contribution is 7.89. The summed E-state index contributed by atoms with van der Waals surface area (Å²) in [7, 11) is -1.63. The van der Waals surface area contributed by atoms with Gasteiger partial charge < -0.3 is 4.42 Å². The third kappa shape index (κ3) is 2.28. The van der Waals surface area contributed by atoms with Crippen LogP contribution in [0.15, 0.2) is 34.7 Å². The standard InChI is InChI=1S/C13H17NO3S/c1-4-18(15,16)14(3)10(2)13-9-11-7-5-6-8-12(11)17-13/h5-10H,4H2,1-3H3. The van der Waals surface area contributed by atoms with E-state index in [1.807, 2.05) is 37.3 Å². The molecule has 2 aromatic rings. The van der Waals surface area contributed by atoms with E-state index in [2.05, 4.69) is 0 Å². The van der Waals surface area contributed by atoms with Crippen LogP contribution < -0.4 is 0 Å². The highest BCUT2D eigenvalue weighted by atomic mass is 32.2. The number of fused-ring (bicyclic) bond motifs is 1. The molecule has 1 aromatic carbocycles. The number of sulfonamides is 1. The minimum Gasteiger partial charge on any atom is -0.459 e. The van der Waals surface area contributed by atoms with E-state index in [0.717, 1.165) is 11.0 Å². The van der Waals surface area contributed by atoms with Crippen LogP contribution in [0.4, 0.5) is 0 Å². The summed E-state index contributed by atoms with van der Waals surface area (Å²) in [6.45, 7) is 3.46. The maximum Gasteiger partial charge on any atom is 0.214 e. The lowest BCUT2D eigenvalue weighted by Crippen LogP contribution is -2.30. The molecule has 1 aromatic heterocycles. The van der Waals surface area contributed by atoms with Crippen LogP contribution in [-0.4, -0.2) is 25.5 Å². The summed E-state index contributed by atoms with van der Waals surface area (Å²) < 4.78 is 30.7. The van der Waals surface area contributed by atoms with Gasteiger partial charge in [-0.15, -0.1) is 0 Å². The van der Waals surface area contributed by atoms with Crippen LogP contribution in [0.2, 0.25) is 0 Å². The molecular formula is C13H17NO3S. The normalized spacial score (nSPS) is 14.2. The van der Waals surface area contributed by atoms with Crippen molar-refractivity contribution in [3.63, 3.8) is 0 Å². The van der Waals surface area contributed by atoms with E-state index in [4.69, 9.17) is 4.42 Å². The minimum atomic E-state index is -3.21. The Morgan fingerprint density at radius 1 is 1.33 bits per heavy atom. The fourth-order valence-electron chi connectivity index (χ4n) is 1.83. The fraction of sp³-hybridized carbons (Fsp3) is 0.385. The molecule has 5 heteroatoms. The van der Waals surface area contributed by atoms with E-state index in [0.29, 0.717) is 5.76 Å². The highest BCUT2D eigenvalue weighted by Crippen LogP contribution is 2.27. The average Bonchev–Trinajstić information content (AvgIpc) is 2.80. The first-order valence-electron chi connectivity index (χ1n) is 5.90. The summed E-state index contributed by atoms with van der Waals surface area (Å²) in [4.78, 5) is 0. The molecule has 98 valence electrons. The van der Waals surface area contributed by atoms with E-state index in [1.165, 1.54) is 4.31 Å². The molecular weight excluding hydrogens is 250 g/mol. The Kier molecular flexibility index (Phi) is 3.45. The second kappa shape index (κ2) is 4.74. The van der Waals surface area contributed by atoms with Gasteiger partial charge in [0, 0.05) is 12.4 Å². The number of nitrogens with zero attached hydrogens (tertiary/aromatic N) is 1. The molecule has 1 atom stereocenters. The van der Waals surface area contributed by atoms with Gasteiger partial charge in [0.15, 0.2) is 0 Å². The first-order valence-corrected chi connectivity index (χ1v) is 7.51. The minimum absolute atomic E-state index is 0.0913. The van der Waals surface area contributed by atoms with Gasteiger partial charge in [0.25, 0.3) is 0 Å². The van der Waals surface area contributed by atoms with Crippen molar-refractivity contribution in [1.82, 2.24) is 4.31 Å². The molecule has 1 unspecified atom stereocenters. The van der Waals surface area contributed by atoms with Gasteiger partial charge in [-0.1, -0.05) is 18.2 Å².